The van der Waals surface area contributed by atoms with Crippen molar-refractivity contribution >= 4 is 0 Å². The van der Waals surface area contributed by atoms with Crippen molar-refractivity contribution in [1.82, 2.24) is 5.32 Å². The van der Waals surface area contributed by atoms with Gasteiger partial charge in [-0.25, -0.2) is 0 Å². The Morgan fingerprint density at radius 1 is 1.20 bits per heavy atom. The van der Waals surface area contributed by atoms with Gasteiger partial charge in [-0.05, 0) is 57.4 Å². The molecule has 3 heteroatoms. The van der Waals surface area contributed by atoms with Gasteiger partial charge in [-0.2, -0.15) is 0 Å². The van der Waals surface area contributed by atoms with E-state index in [1.165, 1.54) is 38.5 Å². The summed E-state index contributed by atoms with van der Waals surface area (Å²) in [5.41, 5.74) is 0.262. The maximum absolute atomic E-state index is 6.12. The number of ether oxygens (including phenoxy) is 2. The Bertz CT molecular complexity index is 316. The predicted octanol–water partition coefficient (Wildman–Crippen LogP) is 3.13. The topological polar surface area (TPSA) is 30.5 Å². The van der Waals surface area contributed by atoms with Gasteiger partial charge in [0.15, 0.2) is 0 Å². The highest BCUT2D eigenvalue weighted by atomic mass is 16.5. The van der Waals surface area contributed by atoms with Crippen LogP contribution in [0.15, 0.2) is 0 Å². The molecule has 0 aromatic rings. The van der Waals surface area contributed by atoms with Crippen LogP contribution in [0.1, 0.15) is 58.8 Å². The van der Waals surface area contributed by atoms with Gasteiger partial charge in [0, 0.05) is 25.2 Å². The van der Waals surface area contributed by atoms with Gasteiger partial charge < -0.3 is 14.8 Å². The fourth-order valence-electron chi connectivity index (χ4n) is 4.69. The summed E-state index contributed by atoms with van der Waals surface area (Å²) in [6.07, 6.45) is 9.31. The molecule has 1 spiro atoms. The smallest absolute Gasteiger partial charge is 0.0685 e. The van der Waals surface area contributed by atoms with Crippen LogP contribution in [0.25, 0.3) is 0 Å². The van der Waals surface area contributed by atoms with Crippen LogP contribution >= 0.6 is 0 Å². The standard InChI is InChI=1S/C17H31NO2/c1-3-15-14(7-10-19-15)16(18-4-2)13-6-11-20-17(12-13)8-5-9-17/h13-16,18H,3-12H2,1-2H3. The summed E-state index contributed by atoms with van der Waals surface area (Å²) in [5.74, 6) is 1.49. The molecule has 0 aromatic carbocycles. The third kappa shape index (κ3) is 2.77. The molecule has 1 saturated carbocycles. The van der Waals surface area contributed by atoms with Gasteiger partial charge in [-0.15, -0.1) is 0 Å². The molecule has 0 amide bonds. The minimum absolute atomic E-state index is 0.262. The first-order valence-corrected chi connectivity index (χ1v) is 8.77. The van der Waals surface area contributed by atoms with Crippen molar-refractivity contribution in [3.63, 3.8) is 0 Å². The van der Waals surface area contributed by atoms with Crippen molar-refractivity contribution in [3.05, 3.63) is 0 Å². The summed E-state index contributed by atoms with van der Waals surface area (Å²) in [6.45, 7) is 7.50. The van der Waals surface area contributed by atoms with Crippen LogP contribution in [0.4, 0.5) is 0 Å². The van der Waals surface area contributed by atoms with Crippen molar-refractivity contribution in [2.75, 3.05) is 19.8 Å². The first-order chi connectivity index (χ1) is 9.78. The summed E-state index contributed by atoms with van der Waals surface area (Å²) in [6, 6.07) is 0.633. The van der Waals surface area contributed by atoms with E-state index >= 15 is 0 Å². The van der Waals surface area contributed by atoms with Gasteiger partial charge in [-0.3, -0.25) is 0 Å². The van der Waals surface area contributed by atoms with Gasteiger partial charge in [-0.1, -0.05) is 13.8 Å². The van der Waals surface area contributed by atoms with Crippen molar-refractivity contribution < 1.29 is 9.47 Å². The largest absolute Gasteiger partial charge is 0.378 e. The van der Waals surface area contributed by atoms with Crippen LogP contribution in [0.3, 0.4) is 0 Å². The molecule has 0 bridgehead atoms. The lowest BCUT2D eigenvalue weighted by atomic mass is 9.68. The SMILES string of the molecule is CCNC(C1CCOC2(CCC2)C1)C1CCOC1CC. The van der Waals surface area contributed by atoms with E-state index in [4.69, 9.17) is 9.47 Å². The normalized spacial score (nSPS) is 37.8. The van der Waals surface area contributed by atoms with Crippen molar-refractivity contribution in [2.45, 2.75) is 76.5 Å². The molecule has 116 valence electrons. The highest BCUT2D eigenvalue weighted by Gasteiger charge is 2.46. The summed E-state index contributed by atoms with van der Waals surface area (Å²) < 4.78 is 12.1. The third-order valence-electron chi connectivity index (χ3n) is 5.87. The molecular weight excluding hydrogens is 250 g/mol. The zero-order valence-corrected chi connectivity index (χ0v) is 13.2. The van der Waals surface area contributed by atoms with Gasteiger partial charge in [0.25, 0.3) is 0 Å². The lowest BCUT2D eigenvalue weighted by Gasteiger charge is -2.50. The molecule has 0 aromatic heterocycles. The maximum Gasteiger partial charge on any atom is 0.0685 e. The molecule has 4 atom stereocenters. The molecule has 2 heterocycles. The quantitative estimate of drug-likeness (QED) is 0.840. The van der Waals surface area contributed by atoms with E-state index in [2.05, 4.69) is 19.2 Å². The van der Waals surface area contributed by atoms with E-state index in [-0.39, 0.29) is 5.60 Å². The second kappa shape index (κ2) is 6.33. The number of rotatable bonds is 5. The highest BCUT2D eigenvalue weighted by Crippen LogP contribution is 2.46. The monoisotopic (exact) mass is 281 g/mol. The van der Waals surface area contributed by atoms with Gasteiger partial charge in [0.2, 0.25) is 0 Å². The molecule has 3 aliphatic rings. The fraction of sp³-hybridized carbons (Fsp3) is 1.00. The third-order valence-corrected chi connectivity index (χ3v) is 5.87. The molecule has 3 nitrogen and oxygen atoms in total. The molecule has 1 N–H and O–H groups in total. The number of nitrogens with one attached hydrogen (secondary N) is 1. The van der Waals surface area contributed by atoms with E-state index in [9.17, 15) is 0 Å². The average Bonchev–Trinajstić information content (AvgIpc) is 2.91. The van der Waals surface area contributed by atoms with Crippen LogP contribution in [0.5, 0.6) is 0 Å². The van der Waals surface area contributed by atoms with E-state index < -0.39 is 0 Å². The molecule has 0 radical (unpaired) electrons. The Hall–Kier alpha value is -0.120. The second-order valence-corrected chi connectivity index (χ2v) is 6.99. The maximum atomic E-state index is 6.12. The second-order valence-electron chi connectivity index (χ2n) is 6.99. The van der Waals surface area contributed by atoms with Crippen LogP contribution < -0.4 is 5.32 Å². The van der Waals surface area contributed by atoms with E-state index in [1.54, 1.807) is 0 Å². The zero-order chi connectivity index (χ0) is 14.0. The fourth-order valence-corrected chi connectivity index (χ4v) is 4.69. The Balaban J connectivity index is 1.69. The number of hydrogen-bond acceptors (Lipinski definition) is 3. The molecule has 1 aliphatic carbocycles. The molecule has 4 unspecified atom stereocenters. The van der Waals surface area contributed by atoms with E-state index in [1.807, 2.05) is 0 Å². The average molecular weight is 281 g/mol. The molecule has 20 heavy (non-hydrogen) atoms. The molecule has 3 fully saturated rings. The molecule has 2 aliphatic heterocycles. The first-order valence-electron chi connectivity index (χ1n) is 8.77. The van der Waals surface area contributed by atoms with Crippen LogP contribution in [0.2, 0.25) is 0 Å². The van der Waals surface area contributed by atoms with Gasteiger partial charge >= 0.3 is 0 Å². The molecule has 2 saturated heterocycles. The first kappa shape index (κ1) is 14.8. The summed E-state index contributed by atoms with van der Waals surface area (Å²) in [4.78, 5) is 0. The Morgan fingerprint density at radius 3 is 2.70 bits per heavy atom. The highest BCUT2D eigenvalue weighted by molar-refractivity contribution is 4.99. The lowest BCUT2D eigenvalue weighted by molar-refractivity contribution is -0.150. The molecule has 3 rings (SSSR count). The summed E-state index contributed by atoms with van der Waals surface area (Å²) in [7, 11) is 0. The zero-order valence-electron chi connectivity index (χ0n) is 13.2. The summed E-state index contributed by atoms with van der Waals surface area (Å²) in [5, 5.41) is 3.81. The minimum Gasteiger partial charge on any atom is -0.378 e. The van der Waals surface area contributed by atoms with Gasteiger partial charge in [0.05, 0.1) is 11.7 Å². The predicted molar refractivity (Wildman–Crippen MR) is 80.9 cm³/mol. The Labute approximate surface area is 123 Å². The van der Waals surface area contributed by atoms with Crippen molar-refractivity contribution in [2.24, 2.45) is 11.8 Å². The summed E-state index contributed by atoms with van der Waals surface area (Å²) >= 11 is 0. The van der Waals surface area contributed by atoms with Crippen molar-refractivity contribution in [3.8, 4) is 0 Å². The Kier molecular flexibility index (Phi) is 4.68. The van der Waals surface area contributed by atoms with E-state index in [0.717, 1.165) is 32.1 Å². The van der Waals surface area contributed by atoms with Gasteiger partial charge in [0.1, 0.15) is 0 Å². The van der Waals surface area contributed by atoms with Crippen LogP contribution in [0, 0.1) is 11.8 Å². The van der Waals surface area contributed by atoms with Crippen LogP contribution in [-0.2, 0) is 9.47 Å². The van der Waals surface area contributed by atoms with Crippen molar-refractivity contribution in [1.29, 1.82) is 0 Å². The number of hydrogen-bond donors (Lipinski definition) is 1. The lowest BCUT2D eigenvalue weighted by Crippen LogP contribution is -2.53. The molecular formula is C17H31NO2. The van der Waals surface area contributed by atoms with E-state index in [0.29, 0.717) is 18.1 Å². The van der Waals surface area contributed by atoms with Crippen LogP contribution in [-0.4, -0.2) is 37.5 Å². The Morgan fingerprint density at radius 2 is 2.05 bits per heavy atom. The minimum atomic E-state index is 0.262.